The lowest BCUT2D eigenvalue weighted by atomic mass is 9.98. The molecule has 3 N–H and O–H groups in total. The summed E-state index contributed by atoms with van der Waals surface area (Å²) in [6.45, 7) is 7.33. The Morgan fingerprint density at radius 2 is 2.05 bits per heavy atom. The molecule has 2 aromatic heterocycles. The van der Waals surface area contributed by atoms with E-state index in [0.29, 0.717) is 16.7 Å². The molecule has 0 saturated carbocycles. The minimum Gasteiger partial charge on any atom is -0.467 e. The van der Waals surface area contributed by atoms with E-state index in [2.05, 4.69) is 9.97 Å². The van der Waals surface area contributed by atoms with Crippen LogP contribution >= 0.6 is 11.3 Å². The summed E-state index contributed by atoms with van der Waals surface area (Å²) >= 11 is 1.41. The van der Waals surface area contributed by atoms with Crippen molar-refractivity contribution in [1.82, 2.24) is 9.97 Å². The van der Waals surface area contributed by atoms with Crippen molar-refractivity contribution in [2.75, 3.05) is 5.73 Å². The summed E-state index contributed by atoms with van der Waals surface area (Å²) < 4.78 is 5.54. The van der Waals surface area contributed by atoms with E-state index < -0.39 is 5.60 Å². The molecule has 6 heteroatoms. The third-order valence-corrected chi connectivity index (χ3v) is 3.54. The molecule has 0 aliphatic heterocycles. The molecule has 2 aromatic rings. The minimum atomic E-state index is -0.965. The van der Waals surface area contributed by atoms with Crippen LogP contribution in [0.5, 0.6) is 5.19 Å². The molecular weight excluding hydrogens is 274 g/mol. The lowest BCUT2D eigenvalue weighted by Crippen LogP contribution is -2.16. The average Bonchev–Trinajstić information content (AvgIpc) is 2.74. The van der Waals surface area contributed by atoms with Crippen LogP contribution in [0, 0.1) is 0 Å². The van der Waals surface area contributed by atoms with Crippen molar-refractivity contribution in [2.45, 2.75) is 39.4 Å². The fraction of sp³-hybridized carbons (Fsp3) is 0.429. The number of thiazole rings is 1. The first-order valence-corrected chi connectivity index (χ1v) is 7.20. The van der Waals surface area contributed by atoms with E-state index in [1.165, 1.54) is 11.3 Å². The monoisotopic (exact) mass is 293 g/mol. The predicted molar refractivity (Wildman–Crippen MR) is 80.8 cm³/mol. The molecule has 2 heterocycles. The Morgan fingerprint density at radius 3 is 2.65 bits per heavy atom. The van der Waals surface area contributed by atoms with Crippen molar-refractivity contribution in [3.05, 3.63) is 23.9 Å². The lowest BCUT2D eigenvalue weighted by Gasteiger charge is -2.18. The first-order valence-electron chi connectivity index (χ1n) is 6.39. The van der Waals surface area contributed by atoms with E-state index in [-0.39, 0.29) is 6.10 Å². The zero-order valence-electron chi connectivity index (χ0n) is 12.0. The largest absolute Gasteiger partial charge is 0.467 e. The standard InChI is InChI=1S/C14H19N3O2S/c1-8(2)19-13-16-7-11(20-13)10-5-9(14(3,4)18)6-12(15)17-10/h5-8,18H,1-4H3,(H2,15,17). The van der Waals surface area contributed by atoms with Crippen molar-refractivity contribution in [3.8, 4) is 15.8 Å². The Morgan fingerprint density at radius 1 is 1.35 bits per heavy atom. The van der Waals surface area contributed by atoms with Crippen LogP contribution in [0.3, 0.4) is 0 Å². The number of aromatic nitrogens is 2. The van der Waals surface area contributed by atoms with Crippen LogP contribution in [0.15, 0.2) is 18.3 Å². The minimum absolute atomic E-state index is 0.0785. The first-order chi connectivity index (χ1) is 9.25. The van der Waals surface area contributed by atoms with Crippen molar-refractivity contribution < 1.29 is 9.84 Å². The molecule has 0 atom stereocenters. The molecule has 0 aromatic carbocycles. The number of pyridine rings is 1. The van der Waals surface area contributed by atoms with Gasteiger partial charge in [-0.25, -0.2) is 9.97 Å². The van der Waals surface area contributed by atoms with Crippen LogP contribution in [-0.4, -0.2) is 21.2 Å². The van der Waals surface area contributed by atoms with Gasteiger partial charge in [0.25, 0.3) is 5.19 Å². The van der Waals surface area contributed by atoms with E-state index in [1.807, 2.05) is 19.9 Å². The molecule has 0 amide bonds. The van der Waals surface area contributed by atoms with E-state index in [1.54, 1.807) is 26.1 Å². The highest BCUT2D eigenvalue weighted by atomic mass is 32.1. The first kappa shape index (κ1) is 14.7. The highest BCUT2D eigenvalue weighted by molar-refractivity contribution is 7.16. The van der Waals surface area contributed by atoms with Gasteiger partial charge in [-0.15, -0.1) is 0 Å². The van der Waals surface area contributed by atoms with Gasteiger partial charge in [0.2, 0.25) is 0 Å². The Kier molecular flexibility index (Phi) is 3.96. The highest BCUT2D eigenvalue weighted by Crippen LogP contribution is 2.32. The fourth-order valence-electron chi connectivity index (χ4n) is 1.66. The number of rotatable bonds is 4. The molecule has 0 unspecified atom stereocenters. The number of nitrogens with zero attached hydrogens (tertiary/aromatic N) is 2. The van der Waals surface area contributed by atoms with Crippen molar-refractivity contribution in [2.24, 2.45) is 0 Å². The molecule has 0 saturated heterocycles. The number of anilines is 1. The maximum absolute atomic E-state index is 10.1. The Labute approximate surface area is 122 Å². The Hall–Kier alpha value is -1.66. The second-order valence-corrected chi connectivity index (χ2v) is 6.38. The fourth-order valence-corrected chi connectivity index (χ4v) is 2.51. The van der Waals surface area contributed by atoms with Gasteiger partial charge in [0.15, 0.2) is 0 Å². The summed E-state index contributed by atoms with van der Waals surface area (Å²) in [7, 11) is 0. The van der Waals surface area contributed by atoms with Gasteiger partial charge in [-0.2, -0.15) is 0 Å². The van der Waals surface area contributed by atoms with Gasteiger partial charge in [0, 0.05) is 0 Å². The zero-order chi connectivity index (χ0) is 14.9. The summed E-state index contributed by atoms with van der Waals surface area (Å²) in [4.78, 5) is 9.36. The third kappa shape index (κ3) is 3.46. The summed E-state index contributed by atoms with van der Waals surface area (Å²) in [6.07, 6.45) is 1.79. The highest BCUT2D eigenvalue weighted by Gasteiger charge is 2.19. The normalized spacial score (nSPS) is 11.9. The lowest BCUT2D eigenvalue weighted by molar-refractivity contribution is 0.0786. The van der Waals surface area contributed by atoms with E-state index >= 15 is 0 Å². The van der Waals surface area contributed by atoms with E-state index in [9.17, 15) is 5.11 Å². The second kappa shape index (κ2) is 5.38. The summed E-state index contributed by atoms with van der Waals surface area (Å²) in [5.41, 5.74) is 6.26. The number of ether oxygens (including phenoxy) is 1. The molecule has 0 spiro atoms. The number of nitrogens with two attached hydrogens (primary N) is 1. The summed E-state index contributed by atoms with van der Waals surface area (Å²) in [6, 6.07) is 3.50. The number of hydrogen-bond acceptors (Lipinski definition) is 6. The molecule has 0 bridgehead atoms. The van der Waals surface area contributed by atoms with E-state index in [4.69, 9.17) is 10.5 Å². The second-order valence-electron chi connectivity index (χ2n) is 5.38. The Balaban J connectivity index is 2.37. The van der Waals surface area contributed by atoms with Crippen LogP contribution in [-0.2, 0) is 5.60 Å². The van der Waals surface area contributed by atoms with Gasteiger partial charge in [0.05, 0.1) is 28.5 Å². The Bertz CT molecular complexity index is 603. The van der Waals surface area contributed by atoms with Crippen LogP contribution in [0.2, 0.25) is 0 Å². The van der Waals surface area contributed by atoms with Gasteiger partial charge in [-0.3, -0.25) is 0 Å². The van der Waals surface area contributed by atoms with Crippen molar-refractivity contribution >= 4 is 17.2 Å². The smallest absolute Gasteiger partial charge is 0.274 e. The molecule has 2 rings (SSSR count). The molecule has 20 heavy (non-hydrogen) atoms. The van der Waals surface area contributed by atoms with Gasteiger partial charge < -0.3 is 15.6 Å². The zero-order valence-corrected chi connectivity index (χ0v) is 12.9. The van der Waals surface area contributed by atoms with Crippen molar-refractivity contribution in [1.29, 1.82) is 0 Å². The van der Waals surface area contributed by atoms with Gasteiger partial charge in [-0.1, -0.05) is 11.3 Å². The van der Waals surface area contributed by atoms with Crippen molar-refractivity contribution in [3.63, 3.8) is 0 Å². The topological polar surface area (TPSA) is 81.3 Å². The van der Waals surface area contributed by atoms with Gasteiger partial charge in [0.1, 0.15) is 5.82 Å². The number of aliphatic hydroxyl groups is 1. The molecule has 108 valence electrons. The third-order valence-electron chi connectivity index (χ3n) is 2.63. The van der Waals surface area contributed by atoms with Crippen LogP contribution in [0.25, 0.3) is 10.6 Å². The molecule has 0 fully saturated rings. The average molecular weight is 293 g/mol. The molecule has 0 aliphatic carbocycles. The SMILES string of the molecule is CC(C)Oc1ncc(-c2cc(C(C)(C)O)cc(N)n2)s1. The van der Waals surface area contributed by atoms with Crippen LogP contribution in [0.1, 0.15) is 33.3 Å². The predicted octanol–water partition coefficient (Wildman–Crippen LogP) is 2.80. The maximum atomic E-state index is 10.1. The van der Waals surface area contributed by atoms with E-state index in [0.717, 1.165) is 10.4 Å². The van der Waals surface area contributed by atoms with Crippen LogP contribution in [0.4, 0.5) is 5.82 Å². The molecule has 0 radical (unpaired) electrons. The molecule has 5 nitrogen and oxygen atoms in total. The number of nitrogen functional groups attached to an aromatic ring is 1. The molecule has 0 aliphatic rings. The number of hydrogen-bond donors (Lipinski definition) is 2. The summed E-state index contributed by atoms with van der Waals surface area (Å²) in [5, 5.41) is 10.7. The van der Waals surface area contributed by atoms with Gasteiger partial charge in [-0.05, 0) is 45.4 Å². The molecular formula is C14H19N3O2S. The maximum Gasteiger partial charge on any atom is 0.274 e. The quantitative estimate of drug-likeness (QED) is 0.906. The van der Waals surface area contributed by atoms with Gasteiger partial charge >= 0.3 is 0 Å². The summed E-state index contributed by atoms with van der Waals surface area (Å²) in [5.74, 6) is 0.374. The van der Waals surface area contributed by atoms with Crippen LogP contribution < -0.4 is 10.5 Å².